The predicted molar refractivity (Wildman–Crippen MR) is 178 cm³/mol. The van der Waals surface area contributed by atoms with Crippen molar-refractivity contribution in [1.29, 1.82) is 5.41 Å². The van der Waals surface area contributed by atoms with Gasteiger partial charge in [-0.15, -0.1) is 0 Å². The van der Waals surface area contributed by atoms with E-state index in [-0.39, 0.29) is 5.92 Å². The Hall–Kier alpha value is -5.35. The normalized spacial score (nSPS) is 15.1. The second-order valence-electron chi connectivity index (χ2n) is 10.4. The molecule has 0 saturated heterocycles. The molecule has 4 heteroatoms. The summed E-state index contributed by atoms with van der Waals surface area (Å²) >= 11 is 0. The molecule has 204 valence electrons. The van der Waals surface area contributed by atoms with Gasteiger partial charge in [-0.1, -0.05) is 85.5 Å². The van der Waals surface area contributed by atoms with Gasteiger partial charge in [0.1, 0.15) is 0 Å². The van der Waals surface area contributed by atoms with Crippen molar-refractivity contribution in [2.75, 3.05) is 0 Å². The Bertz CT molecular complexity index is 1970. The Morgan fingerprint density at radius 1 is 0.881 bits per heavy atom. The highest BCUT2D eigenvalue weighted by Crippen LogP contribution is 2.41. The quantitative estimate of drug-likeness (QED) is 0.122. The summed E-state index contributed by atoms with van der Waals surface area (Å²) in [6.07, 6.45) is 15.7. The van der Waals surface area contributed by atoms with E-state index >= 15 is 0 Å². The molecule has 4 nitrogen and oxygen atoms in total. The number of rotatable bonds is 7. The van der Waals surface area contributed by atoms with Crippen molar-refractivity contribution in [3.05, 3.63) is 150 Å². The van der Waals surface area contributed by atoms with Crippen molar-refractivity contribution in [2.45, 2.75) is 19.3 Å². The van der Waals surface area contributed by atoms with Gasteiger partial charge in [-0.2, -0.15) is 0 Å². The van der Waals surface area contributed by atoms with E-state index in [0.717, 1.165) is 45.9 Å². The van der Waals surface area contributed by atoms with E-state index in [9.17, 15) is 0 Å². The SMILES string of the molecule is C=C(/C=C\C=N)c1cccc(-c2ccc3c4c(c5ccccc5c3c2)CC(c2cccc(C(/C=C\C)=C/N)n2)C=C4)n1. The summed E-state index contributed by atoms with van der Waals surface area (Å²) < 4.78 is 0. The summed E-state index contributed by atoms with van der Waals surface area (Å²) in [5.74, 6) is 0.170. The first-order valence-electron chi connectivity index (χ1n) is 14.1. The molecule has 3 N–H and O–H groups in total. The monoisotopic (exact) mass is 544 g/mol. The summed E-state index contributed by atoms with van der Waals surface area (Å²) in [6.45, 7) is 6.10. The number of nitrogens with two attached hydrogens (primary N) is 1. The van der Waals surface area contributed by atoms with Crippen LogP contribution in [0, 0.1) is 5.41 Å². The van der Waals surface area contributed by atoms with Gasteiger partial charge in [-0.3, -0.25) is 4.98 Å². The number of pyridine rings is 2. The lowest BCUT2D eigenvalue weighted by Gasteiger charge is -2.24. The highest BCUT2D eigenvalue weighted by atomic mass is 14.7. The molecule has 0 bridgehead atoms. The number of allylic oxidation sites excluding steroid dienone is 7. The molecular weight excluding hydrogens is 512 g/mol. The molecule has 0 spiro atoms. The minimum Gasteiger partial charge on any atom is -0.404 e. The maximum atomic E-state index is 7.25. The third-order valence-corrected chi connectivity index (χ3v) is 7.84. The van der Waals surface area contributed by atoms with E-state index in [1.54, 1.807) is 18.4 Å². The van der Waals surface area contributed by atoms with Crippen LogP contribution in [-0.4, -0.2) is 16.2 Å². The van der Waals surface area contributed by atoms with Crippen molar-refractivity contribution in [1.82, 2.24) is 9.97 Å². The fraction of sp³-hybridized carbons (Fsp3) is 0.0789. The zero-order valence-electron chi connectivity index (χ0n) is 23.6. The van der Waals surface area contributed by atoms with E-state index in [4.69, 9.17) is 21.1 Å². The van der Waals surface area contributed by atoms with Crippen LogP contribution >= 0.6 is 0 Å². The number of hydrogen-bond acceptors (Lipinski definition) is 4. The van der Waals surface area contributed by atoms with Gasteiger partial charge in [-0.25, -0.2) is 4.98 Å². The molecule has 0 fully saturated rings. The van der Waals surface area contributed by atoms with Crippen LogP contribution in [0.3, 0.4) is 0 Å². The lowest BCUT2D eigenvalue weighted by Crippen LogP contribution is -2.09. The summed E-state index contributed by atoms with van der Waals surface area (Å²) in [6, 6.07) is 27.5. The summed E-state index contributed by atoms with van der Waals surface area (Å²) in [5.41, 5.74) is 14.9. The molecule has 1 aliphatic carbocycles. The molecule has 2 heterocycles. The van der Waals surface area contributed by atoms with Crippen LogP contribution in [0.5, 0.6) is 0 Å². The first kappa shape index (κ1) is 26.9. The molecule has 1 aliphatic rings. The van der Waals surface area contributed by atoms with Gasteiger partial charge >= 0.3 is 0 Å². The molecule has 0 radical (unpaired) electrons. The molecule has 0 aliphatic heterocycles. The molecule has 3 aromatic carbocycles. The largest absolute Gasteiger partial charge is 0.404 e. The molecule has 42 heavy (non-hydrogen) atoms. The van der Waals surface area contributed by atoms with Crippen LogP contribution in [0.2, 0.25) is 0 Å². The van der Waals surface area contributed by atoms with Gasteiger partial charge in [0, 0.05) is 35.2 Å². The molecule has 1 unspecified atom stereocenters. The molecule has 0 amide bonds. The Labute approximate surface area is 246 Å². The second kappa shape index (κ2) is 11.6. The highest BCUT2D eigenvalue weighted by Gasteiger charge is 2.22. The van der Waals surface area contributed by atoms with E-state index in [1.807, 2.05) is 43.3 Å². The summed E-state index contributed by atoms with van der Waals surface area (Å²) in [7, 11) is 0. The van der Waals surface area contributed by atoms with E-state index in [2.05, 4.69) is 73.3 Å². The van der Waals surface area contributed by atoms with Gasteiger partial charge in [0.15, 0.2) is 0 Å². The number of hydrogen-bond donors (Lipinski definition) is 2. The average molecular weight is 545 g/mol. The Kier molecular flexibility index (Phi) is 7.44. The van der Waals surface area contributed by atoms with E-state index in [0.29, 0.717) is 0 Å². The molecular formula is C38H32N4. The molecule has 1 atom stereocenters. The first-order chi connectivity index (χ1) is 20.6. The average Bonchev–Trinajstić information content (AvgIpc) is 3.05. The van der Waals surface area contributed by atoms with Gasteiger partial charge < -0.3 is 11.1 Å². The van der Waals surface area contributed by atoms with Gasteiger partial charge in [0.25, 0.3) is 0 Å². The Morgan fingerprint density at radius 3 is 2.50 bits per heavy atom. The fourth-order valence-electron chi connectivity index (χ4n) is 5.81. The smallest absolute Gasteiger partial charge is 0.0719 e. The van der Waals surface area contributed by atoms with Crippen LogP contribution in [0.15, 0.2) is 122 Å². The Morgan fingerprint density at radius 2 is 1.69 bits per heavy atom. The van der Waals surface area contributed by atoms with Gasteiger partial charge in [0.2, 0.25) is 0 Å². The van der Waals surface area contributed by atoms with E-state index < -0.39 is 0 Å². The first-order valence-corrected chi connectivity index (χ1v) is 14.1. The number of benzene rings is 3. The van der Waals surface area contributed by atoms with Crippen molar-refractivity contribution < 1.29 is 0 Å². The highest BCUT2D eigenvalue weighted by molar-refractivity contribution is 6.14. The fourth-order valence-corrected chi connectivity index (χ4v) is 5.81. The second-order valence-corrected chi connectivity index (χ2v) is 10.4. The number of nitrogens with zero attached hydrogens (tertiary/aromatic N) is 2. The minimum atomic E-state index is 0.170. The maximum absolute atomic E-state index is 7.25. The Balaban J connectivity index is 1.43. The zero-order valence-corrected chi connectivity index (χ0v) is 23.6. The summed E-state index contributed by atoms with van der Waals surface area (Å²) in [4.78, 5) is 9.89. The predicted octanol–water partition coefficient (Wildman–Crippen LogP) is 8.90. The molecule has 5 aromatic rings. The van der Waals surface area contributed by atoms with Crippen LogP contribution in [0.25, 0.3) is 50.0 Å². The lowest BCUT2D eigenvalue weighted by molar-refractivity contribution is 0.798. The minimum absolute atomic E-state index is 0.170. The van der Waals surface area contributed by atoms with Gasteiger partial charge in [0.05, 0.1) is 17.1 Å². The maximum Gasteiger partial charge on any atom is 0.0719 e. The van der Waals surface area contributed by atoms with Crippen LogP contribution in [0.4, 0.5) is 0 Å². The zero-order chi connectivity index (χ0) is 29.1. The van der Waals surface area contributed by atoms with E-state index in [1.165, 1.54) is 38.9 Å². The van der Waals surface area contributed by atoms with Crippen molar-refractivity contribution in [2.24, 2.45) is 5.73 Å². The molecule has 6 rings (SSSR count). The lowest BCUT2D eigenvalue weighted by atomic mass is 9.81. The summed E-state index contributed by atoms with van der Waals surface area (Å²) in [5, 5.41) is 12.2. The standard InChI is InChI=1S/C38H32N4/c1-3-9-28(24-40)38-16-7-15-37(42-38)27-18-20-32-31-19-17-26(36-14-6-13-35(41-36)25(2)10-8-21-39)22-33(31)29-11-4-5-12-30(29)34(32)23-27/h3-22,24,27,39H,2,23,40H2,1H3/b9-3-,10-8-,28-24+,39-21?. The van der Waals surface area contributed by atoms with Crippen LogP contribution < -0.4 is 5.73 Å². The molecule has 0 saturated carbocycles. The number of aromatic nitrogens is 2. The number of nitrogens with one attached hydrogen (secondary N) is 1. The molecule has 2 aromatic heterocycles. The third kappa shape index (κ3) is 4.99. The van der Waals surface area contributed by atoms with Crippen molar-refractivity contribution >= 4 is 45.0 Å². The van der Waals surface area contributed by atoms with Crippen molar-refractivity contribution in [3.8, 4) is 11.3 Å². The van der Waals surface area contributed by atoms with Crippen LogP contribution in [-0.2, 0) is 6.42 Å². The number of fused-ring (bicyclic) bond motifs is 6. The third-order valence-electron chi connectivity index (χ3n) is 7.84. The van der Waals surface area contributed by atoms with Crippen molar-refractivity contribution in [3.63, 3.8) is 0 Å². The van der Waals surface area contributed by atoms with Crippen LogP contribution in [0.1, 0.15) is 41.1 Å². The topological polar surface area (TPSA) is 75.7 Å². The van der Waals surface area contributed by atoms with Gasteiger partial charge in [-0.05, 0) is 88.0 Å².